The van der Waals surface area contributed by atoms with Crippen LogP contribution in [-0.2, 0) is 11.3 Å². The molecular weight excluding hydrogens is 538 g/mol. The molecule has 0 saturated heterocycles. The van der Waals surface area contributed by atoms with Crippen molar-refractivity contribution in [3.05, 3.63) is 86.8 Å². The number of hydrogen-bond acceptors (Lipinski definition) is 4. The van der Waals surface area contributed by atoms with Crippen LogP contribution in [0, 0.1) is 0 Å². The van der Waals surface area contributed by atoms with Gasteiger partial charge in [-0.3, -0.25) is 9.79 Å². The fraction of sp³-hybridized carbons (Fsp3) is 0.125. The minimum absolute atomic E-state index is 0.0860. The van der Waals surface area contributed by atoms with E-state index >= 15 is 0 Å². The smallest absolute Gasteiger partial charge is 0.265 e. The molecule has 0 unspecified atom stereocenters. The van der Waals surface area contributed by atoms with E-state index in [2.05, 4.69) is 47.2 Å². The van der Waals surface area contributed by atoms with E-state index in [4.69, 9.17) is 4.74 Å². The van der Waals surface area contributed by atoms with Gasteiger partial charge in [0, 0.05) is 19.2 Å². The molecule has 0 spiro atoms. The topological polar surface area (TPSA) is 83.3 Å². The number of nitrogens with zero attached hydrogens (tertiary/aromatic N) is 2. The fourth-order valence-corrected chi connectivity index (χ4v) is 3.94. The summed E-state index contributed by atoms with van der Waals surface area (Å²) in [5, 5.41) is 12.7. The van der Waals surface area contributed by atoms with Gasteiger partial charge in [0.2, 0.25) is 0 Å². The van der Waals surface area contributed by atoms with Crippen molar-refractivity contribution in [3.63, 3.8) is 0 Å². The third kappa shape index (κ3) is 6.27. The minimum atomic E-state index is -0.298. The zero-order valence-corrected chi connectivity index (χ0v) is 20.6. The van der Waals surface area contributed by atoms with Crippen LogP contribution in [0.5, 0.6) is 17.2 Å². The highest BCUT2D eigenvalue weighted by Gasteiger charge is 2.12. The molecular formula is C24H21Br2N3O3. The van der Waals surface area contributed by atoms with E-state index in [1.165, 1.54) is 0 Å². The predicted octanol–water partition coefficient (Wildman–Crippen LogP) is 5.86. The number of aromatic hydroxyl groups is 1. The molecule has 0 atom stereocenters. The molecule has 8 heteroatoms. The van der Waals surface area contributed by atoms with Crippen LogP contribution in [0.2, 0.25) is 0 Å². The van der Waals surface area contributed by atoms with Gasteiger partial charge in [-0.25, -0.2) is 4.99 Å². The van der Waals surface area contributed by atoms with Crippen LogP contribution in [0.4, 0.5) is 0 Å². The maximum atomic E-state index is 12.5. The highest BCUT2D eigenvalue weighted by atomic mass is 79.9. The third-order valence-corrected chi connectivity index (χ3v) is 5.65. The minimum Gasteiger partial charge on any atom is -0.506 e. The lowest BCUT2D eigenvalue weighted by Crippen LogP contribution is -2.29. The van der Waals surface area contributed by atoms with E-state index in [1.807, 2.05) is 54.6 Å². The number of carbonyl (C=O) groups is 1. The molecule has 0 heterocycles. The van der Waals surface area contributed by atoms with Gasteiger partial charge in [0.25, 0.3) is 5.91 Å². The first-order valence-corrected chi connectivity index (χ1v) is 11.3. The van der Waals surface area contributed by atoms with E-state index in [1.54, 1.807) is 26.1 Å². The standard InChI is InChI=1S/C24H21Br2N3O3/c1-15(29-23(27-2)17-12-20(25)22(30)21(26)13-17)24(31)28-14-16-8-10-19(11-9-16)32-18-6-4-3-5-7-18/h3-13,30H,14H2,1-2H3,(H,28,31). The van der Waals surface area contributed by atoms with Gasteiger partial charge in [-0.05, 0) is 80.7 Å². The van der Waals surface area contributed by atoms with Gasteiger partial charge in [-0.2, -0.15) is 0 Å². The number of benzene rings is 3. The molecule has 3 rings (SSSR count). The Morgan fingerprint density at radius 3 is 2.19 bits per heavy atom. The Morgan fingerprint density at radius 2 is 1.59 bits per heavy atom. The summed E-state index contributed by atoms with van der Waals surface area (Å²) in [6.45, 7) is 1.98. The molecule has 32 heavy (non-hydrogen) atoms. The van der Waals surface area contributed by atoms with E-state index in [0.717, 1.165) is 17.1 Å². The van der Waals surface area contributed by atoms with Gasteiger partial charge < -0.3 is 15.2 Å². The first-order chi connectivity index (χ1) is 15.4. The Morgan fingerprint density at radius 1 is 1.00 bits per heavy atom. The number of amidine groups is 1. The summed E-state index contributed by atoms with van der Waals surface area (Å²) in [6, 6.07) is 20.4. The molecule has 0 radical (unpaired) electrons. The van der Waals surface area contributed by atoms with Crippen LogP contribution < -0.4 is 10.1 Å². The van der Waals surface area contributed by atoms with Crippen molar-refractivity contribution in [2.24, 2.45) is 9.98 Å². The highest BCUT2D eigenvalue weighted by Crippen LogP contribution is 2.33. The van der Waals surface area contributed by atoms with E-state index in [-0.39, 0.29) is 17.4 Å². The van der Waals surface area contributed by atoms with Gasteiger partial charge >= 0.3 is 0 Å². The molecule has 3 aromatic carbocycles. The first kappa shape index (κ1) is 23.7. The van der Waals surface area contributed by atoms with Crippen molar-refractivity contribution in [3.8, 4) is 17.2 Å². The fourth-order valence-electron chi connectivity index (χ4n) is 2.76. The SMILES string of the molecule is CN=C(N=C(C)C(=O)NCc1ccc(Oc2ccccc2)cc1)c1cc(Br)c(O)c(Br)c1. The first-order valence-electron chi connectivity index (χ1n) is 9.68. The van der Waals surface area contributed by atoms with E-state index < -0.39 is 0 Å². The van der Waals surface area contributed by atoms with Gasteiger partial charge in [0.1, 0.15) is 23.0 Å². The number of hydrogen-bond donors (Lipinski definition) is 2. The summed E-state index contributed by atoms with van der Waals surface area (Å²) in [5.41, 5.74) is 1.86. The molecule has 1 amide bonds. The summed E-state index contributed by atoms with van der Waals surface area (Å²) >= 11 is 6.58. The number of phenolic OH excluding ortho intramolecular Hbond substituents is 1. The highest BCUT2D eigenvalue weighted by molar-refractivity contribution is 9.11. The lowest BCUT2D eigenvalue weighted by molar-refractivity contribution is -0.115. The van der Waals surface area contributed by atoms with Crippen molar-refractivity contribution >= 4 is 49.3 Å². The van der Waals surface area contributed by atoms with Gasteiger partial charge in [-0.15, -0.1) is 0 Å². The Bertz CT molecular complexity index is 1140. The Balaban J connectivity index is 1.62. The van der Waals surface area contributed by atoms with Crippen molar-refractivity contribution < 1.29 is 14.6 Å². The van der Waals surface area contributed by atoms with Gasteiger partial charge in [-0.1, -0.05) is 30.3 Å². The summed E-state index contributed by atoms with van der Waals surface area (Å²) in [6.07, 6.45) is 0. The lowest BCUT2D eigenvalue weighted by atomic mass is 10.2. The van der Waals surface area contributed by atoms with Crippen molar-refractivity contribution in [1.82, 2.24) is 5.32 Å². The van der Waals surface area contributed by atoms with Crippen LogP contribution in [0.3, 0.4) is 0 Å². The predicted molar refractivity (Wildman–Crippen MR) is 134 cm³/mol. The molecule has 0 aromatic heterocycles. The van der Waals surface area contributed by atoms with Crippen LogP contribution in [0.25, 0.3) is 0 Å². The lowest BCUT2D eigenvalue weighted by Gasteiger charge is -2.09. The van der Waals surface area contributed by atoms with Crippen LogP contribution in [-0.4, -0.2) is 29.6 Å². The summed E-state index contributed by atoms with van der Waals surface area (Å²) < 4.78 is 6.78. The quantitative estimate of drug-likeness (QED) is 0.293. The van der Waals surface area contributed by atoms with Crippen molar-refractivity contribution in [2.75, 3.05) is 7.05 Å². The van der Waals surface area contributed by atoms with Crippen LogP contribution in [0.1, 0.15) is 18.1 Å². The van der Waals surface area contributed by atoms with Crippen molar-refractivity contribution in [1.29, 1.82) is 0 Å². The Kier molecular flexibility index (Phi) is 8.19. The van der Waals surface area contributed by atoms with Gasteiger partial charge in [0.15, 0.2) is 5.84 Å². The maximum Gasteiger partial charge on any atom is 0.265 e. The molecule has 0 aliphatic heterocycles. The number of aliphatic imine (C=N–C) groups is 2. The number of amides is 1. The number of ether oxygens (including phenoxy) is 1. The molecule has 0 bridgehead atoms. The monoisotopic (exact) mass is 557 g/mol. The number of para-hydroxylation sites is 1. The Labute approximate surface area is 203 Å². The molecule has 0 fully saturated rings. The van der Waals surface area contributed by atoms with Crippen LogP contribution in [0.15, 0.2) is 85.7 Å². The summed E-state index contributed by atoms with van der Waals surface area (Å²) in [5.74, 6) is 1.65. The zero-order valence-electron chi connectivity index (χ0n) is 17.5. The second-order valence-electron chi connectivity index (χ2n) is 6.77. The van der Waals surface area contributed by atoms with E-state index in [0.29, 0.717) is 26.9 Å². The van der Waals surface area contributed by atoms with E-state index in [9.17, 15) is 9.90 Å². The number of nitrogens with one attached hydrogen (secondary N) is 1. The molecule has 2 N–H and O–H groups in total. The molecule has 0 saturated carbocycles. The molecule has 6 nitrogen and oxygen atoms in total. The molecule has 164 valence electrons. The normalized spacial score (nSPS) is 11.9. The average molecular weight is 559 g/mol. The maximum absolute atomic E-state index is 12.5. The summed E-state index contributed by atoms with van der Waals surface area (Å²) in [4.78, 5) is 21.0. The molecule has 0 aliphatic rings. The number of phenols is 1. The number of halogens is 2. The zero-order chi connectivity index (χ0) is 23.1. The van der Waals surface area contributed by atoms with Crippen LogP contribution >= 0.6 is 31.9 Å². The number of carbonyl (C=O) groups excluding carboxylic acids is 1. The second kappa shape index (κ2) is 11.1. The van der Waals surface area contributed by atoms with Crippen molar-refractivity contribution in [2.45, 2.75) is 13.5 Å². The third-order valence-electron chi connectivity index (χ3n) is 4.44. The Hall–Kier alpha value is -2.97. The average Bonchev–Trinajstić information content (AvgIpc) is 2.80. The largest absolute Gasteiger partial charge is 0.506 e. The molecule has 0 aliphatic carbocycles. The van der Waals surface area contributed by atoms with Gasteiger partial charge in [0.05, 0.1) is 8.95 Å². The number of rotatable bonds is 6. The molecule has 3 aromatic rings. The second-order valence-corrected chi connectivity index (χ2v) is 8.48. The summed E-state index contributed by atoms with van der Waals surface area (Å²) in [7, 11) is 1.59.